The fraction of sp³-hybridized carbons (Fsp3) is 0.294. The maximum atomic E-state index is 12.3. The molecule has 0 heterocycles. The van der Waals surface area contributed by atoms with Crippen molar-refractivity contribution in [3.05, 3.63) is 69.8 Å². The normalized spacial score (nSPS) is 14.1. The first-order valence-corrected chi connectivity index (χ1v) is 8.86. The van der Waals surface area contributed by atoms with E-state index in [0.29, 0.717) is 0 Å². The summed E-state index contributed by atoms with van der Waals surface area (Å²) in [5.41, 5.74) is 1.72. The summed E-state index contributed by atoms with van der Waals surface area (Å²) in [7, 11) is -3.86. The van der Waals surface area contributed by atoms with Crippen molar-refractivity contribution in [2.75, 3.05) is 0 Å². The molecule has 128 valence electrons. The van der Waals surface area contributed by atoms with Crippen LogP contribution in [-0.4, -0.2) is 19.4 Å². The molecule has 0 spiro atoms. The van der Waals surface area contributed by atoms with Gasteiger partial charge in [-0.3, -0.25) is 14.3 Å². The first-order chi connectivity index (χ1) is 11.2. The van der Waals surface area contributed by atoms with E-state index in [0.717, 1.165) is 11.1 Å². The van der Waals surface area contributed by atoms with Crippen molar-refractivity contribution >= 4 is 15.8 Å². The lowest BCUT2D eigenvalue weighted by Crippen LogP contribution is -2.21. The number of aryl methyl sites for hydroxylation is 1. The van der Waals surface area contributed by atoms with Gasteiger partial charge in [-0.2, -0.15) is 8.42 Å². The fourth-order valence-electron chi connectivity index (χ4n) is 2.21. The Balaban J connectivity index is 2.14. The summed E-state index contributed by atoms with van der Waals surface area (Å²) in [4.78, 5) is 10.3. The zero-order chi connectivity index (χ0) is 17.9. The molecule has 0 aromatic heterocycles. The molecule has 6 nitrogen and oxygen atoms in total. The molecule has 0 aliphatic carbocycles. The Morgan fingerprint density at radius 2 is 1.54 bits per heavy atom. The molecule has 2 aromatic rings. The Kier molecular flexibility index (Phi) is 5.36. The van der Waals surface area contributed by atoms with Crippen LogP contribution in [0.5, 0.6) is 0 Å². The standard InChI is InChI=1S/C17H19NO5S/c1-12-4-10-17(11-5-12)24(21,22)23-14(3)13(2)15-6-8-16(9-7-15)18(19)20/h4-11,13-14H,1-3H3/t13-,14-/m0/s1. The first-order valence-electron chi connectivity index (χ1n) is 7.45. The van der Waals surface area contributed by atoms with Crippen LogP contribution >= 0.6 is 0 Å². The Bertz CT molecular complexity index is 813. The largest absolute Gasteiger partial charge is 0.297 e. The molecule has 0 saturated carbocycles. The van der Waals surface area contributed by atoms with Crippen molar-refractivity contribution in [3.63, 3.8) is 0 Å². The van der Waals surface area contributed by atoms with Gasteiger partial charge in [0.05, 0.1) is 15.9 Å². The Morgan fingerprint density at radius 3 is 2.04 bits per heavy atom. The van der Waals surface area contributed by atoms with E-state index in [-0.39, 0.29) is 16.5 Å². The number of nitrogens with zero attached hydrogens (tertiary/aromatic N) is 1. The number of nitro groups is 1. The second-order valence-electron chi connectivity index (χ2n) is 5.71. The maximum absolute atomic E-state index is 12.3. The van der Waals surface area contributed by atoms with E-state index in [2.05, 4.69) is 0 Å². The van der Waals surface area contributed by atoms with Gasteiger partial charge in [-0.15, -0.1) is 0 Å². The molecule has 0 radical (unpaired) electrons. The predicted octanol–water partition coefficient (Wildman–Crippen LogP) is 3.80. The number of benzene rings is 2. The summed E-state index contributed by atoms with van der Waals surface area (Å²) in [6, 6.07) is 12.4. The lowest BCUT2D eigenvalue weighted by Gasteiger charge is -2.20. The summed E-state index contributed by atoms with van der Waals surface area (Å²) in [6.07, 6.45) is -0.613. The number of hydrogen-bond acceptors (Lipinski definition) is 5. The minimum atomic E-state index is -3.86. The zero-order valence-corrected chi connectivity index (χ0v) is 14.5. The molecule has 0 fully saturated rings. The first kappa shape index (κ1) is 18.1. The van der Waals surface area contributed by atoms with E-state index in [4.69, 9.17) is 4.18 Å². The van der Waals surface area contributed by atoms with Crippen LogP contribution < -0.4 is 0 Å². The van der Waals surface area contributed by atoms with Gasteiger partial charge >= 0.3 is 0 Å². The highest BCUT2D eigenvalue weighted by molar-refractivity contribution is 7.86. The van der Waals surface area contributed by atoms with E-state index < -0.39 is 21.1 Å². The van der Waals surface area contributed by atoms with Crippen LogP contribution in [0.15, 0.2) is 53.4 Å². The highest BCUT2D eigenvalue weighted by atomic mass is 32.2. The van der Waals surface area contributed by atoms with E-state index >= 15 is 0 Å². The van der Waals surface area contributed by atoms with Crippen LogP contribution in [0.3, 0.4) is 0 Å². The second-order valence-corrected chi connectivity index (χ2v) is 7.28. The van der Waals surface area contributed by atoms with Crippen molar-refractivity contribution in [2.45, 2.75) is 37.7 Å². The summed E-state index contributed by atoms with van der Waals surface area (Å²) >= 11 is 0. The van der Waals surface area contributed by atoms with E-state index in [1.165, 1.54) is 24.3 Å². The molecular formula is C17H19NO5S. The Labute approximate surface area is 141 Å². The minimum Gasteiger partial charge on any atom is -0.263 e. The third-order valence-electron chi connectivity index (χ3n) is 3.92. The van der Waals surface area contributed by atoms with Gasteiger partial charge in [0.1, 0.15) is 0 Å². The highest BCUT2D eigenvalue weighted by Crippen LogP contribution is 2.26. The molecule has 2 rings (SSSR count). The number of rotatable bonds is 6. The van der Waals surface area contributed by atoms with Crippen molar-refractivity contribution in [1.29, 1.82) is 0 Å². The summed E-state index contributed by atoms with van der Waals surface area (Å²) < 4.78 is 29.9. The average Bonchev–Trinajstić information content (AvgIpc) is 2.54. The van der Waals surface area contributed by atoms with Gasteiger partial charge in [0.2, 0.25) is 0 Å². The van der Waals surface area contributed by atoms with Crippen molar-refractivity contribution in [1.82, 2.24) is 0 Å². The quantitative estimate of drug-likeness (QED) is 0.450. The van der Waals surface area contributed by atoms with Gasteiger partial charge in [-0.1, -0.05) is 36.8 Å². The number of nitro benzene ring substituents is 1. The van der Waals surface area contributed by atoms with Crippen LogP contribution in [0.25, 0.3) is 0 Å². The zero-order valence-electron chi connectivity index (χ0n) is 13.7. The molecule has 0 saturated heterocycles. The van der Waals surface area contributed by atoms with Crippen LogP contribution in [0.1, 0.15) is 30.9 Å². The van der Waals surface area contributed by atoms with E-state index in [1.54, 1.807) is 31.2 Å². The molecule has 0 unspecified atom stereocenters. The van der Waals surface area contributed by atoms with Gasteiger partial charge in [-0.05, 0) is 31.5 Å². The van der Waals surface area contributed by atoms with Gasteiger partial charge in [0.15, 0.2) is 0 Å². The van der Waals surface area contributed by atoms with E-state index in [1.807, 2.05) is 13.8 Å². The minimum absolute atomic E-state index is 0.00759. The summed E-state index contributed by atoms with van der Waals surface area (Å²) in [6.45, 7) is 5.35. The molecule has 2 aromatic carbocycles. The molecule has 0 bridgehead atoms. The third kappa shape index (κ3) is 4.18. The van der Waals surface area contributed by atoms with Gasteiger partial charge < -0.3 is 0 Å². The summed E-state index contributed by atoms with van der Waals surface area (Å²) in [5.74, 6) is -0.244. The predicted molar refractivity (Wildman–Crippen MR) is 90.4 cm³/mol. The van der Waals surface area contributed by atoms with Crippen LogP contribution in [-0.2, 0) is 14.3 Å². The topological polar surface area (TPSA) is 86.5 Å². The van der Waals surface area contributed by atoms with Crippen molar-refractivity contribution < 1.29 is 17.5 Å². The smallest absolute Gasteiger partial charge is 0.263 e. The fourth-order valence-corrected chi connectivity index (χ4v) is 3.36. The van der Waals surface area contributed by atoms with Crippen LogP contribution in [0.2, 0.25) is 0 Å². The molecule has 0 aliphatic heterocycles. The van der Waals surface area contributed by atoms with Gasteiger partial charge in [0, 0.05) is 18.1 Å². The van der Waals surface area contributed by atoms with Crippen molar-refractivity contribution in [3.8, 4) is 0 Å². The van der Waals surface area contributed by atoms with Gasteiger partial charge in [0.25, 0.3) is 15.8 Å². The van der Waals surface area contributed by atoms with Crippen molar-refractivity contribution in [2.24, 2.45) is 0 Å². The monoisotopic (exact) mass is 349 g/mol. The summed E-state index contributed by atoms with van der Waals surface area (Å²) in [5, 5.41) is 10.7. The maximum Gasteiger partial charge on any atom is 0.297 e. The van der Waals surface area contributed by atoms with E-state index in [9.17, 15) is 18.5 Å². The van der Waals surface area contributed by atoms with Gasteiger partial charge in [-0.25, -0.2) is 0 Å². The SMILES string of the molecule is Cc1ccc(S(=O)(=O)O[C@@H](C)[C@H](C)c2ccc([N+](=O)[O-])cc2)cc1. The van der Waals surface area contributed by atoms with Crippen LogP contribution in [0, 0.1) is 17.0 Å². The lowest BCUT2D eigenvalue weighted by atomic mass is 9.96. The molecule has 0 aliphatic rings. The molecule has 2 atom stereocenters. The molecule has 0 N–H and O–H groups in total. The van der Waals surface area contributed by atoms with Crippen LogP contribution in [0.4, 0.5) is 5.69 Å². The lowest BCUT2D eigenvalue weighted by molar-refractivity contribution is -0.384. The highest BCUT2D eigenvalue weighted by Gasteiger charge is 2.24. The Hall–Kier alpha value is -2.25. The molecular weight excluding hydrogens is 330 g/mol. The average molecular weight is 349 g/mol. The number of non-ortho nitro benzene ring substituents is 1. The number of hydrogen-bond donors (Lipinski definition) is 0. The third-order valence-corrected chi connectivity index (χ3v) is 5.33. The molecule has 0 amide bonds. The molecule has 24 heavy (non-hydrogen) atoms. The Morgan fingerprint density at radius 1 is 1.00 bits per heavy atom. The molecule has 7 heteroatoms. The second kappa shape index (κ2) is 7.11.